The third-order valence-corrected chi connectivity index (χ3v) is 10.6. The molecule has 1 saturated carbocycles. The second-order valence-corrected chi connectivity index (χ2v) is 13.6. The van der Waals surface area contributed by atoms with Gasteiger partial charge in [0.2, 0.25) is 20.0 Å². The van der Waals surface area contributed by atoms with Gasteiger partial charge in [0.1, 0.15) is 5.82 Å². The van der Waals surface area contributed by atoms with E-state index in [9.17, 15) is 26.0 Å². The molecule has 1 atom stereocenters. The predicted octanol–water partition coefficient (Wildman–Crippen LogP) is 2.42. The van der Waals surface area contributed by atoms with Crippen molar-refractivity contribution in [2.45, 2.75) is 61.0 Å². The normalized spacial score (nSPS) is 24.0. The monoisotopic (exact) mass is 572 g/mol. The number of sulfonamides is 2. The Kier molecular flexibility index (Phi) is 8.56. The van der Waals surface area contributed by atoms with Gasteiger partial charge in [-0.25, -0.2) is 21.2 Å². The molecule has 1 heterocycles. The highest BCUT2D eigenvalue weighted by molar-refractivity contribution is 7.89. The van der Waals surface area contributed by atoms with Crippen LogP contribution in [0.1, 0.15) is 37.7 Å². The SMILES string of the molecule is NC1CCC(NC(=O)C2N(S(=O)(=O)Cc3ccccc3)CCCN2S(=O)(=O)c2ccc(F)c(Cl)c2)CC1. The number of amides is 1. The van der Waals surface area contributed by atoms with Gasteiger partial charge in [-0.15, -0.1) is 0 Å². The Morgan fingerprint density at radius 2 is 1.65 bits per heavy atom. The van der Waals surface area contributed by atoms with Crippen molar-refractivity contribution in [3.05, 3.63) is 64.9 Å². The van der Waals surface area contributed by atoms with Crippen molar-refractivity contribution in [2.75, 3.05) is 13.1 Å². The fraction of sp³-hybridized carbons (Fsp3) is 0.458. The Labute approximate surface area is 221 Å². The van der Waals surface area contributed by atoms with E-state index in [0.717, 1.165) is 26.8 Å². The van der Waals surface area contributed by atoms with Crippen LogP contribution in [0.2, 0.25) is 5.02 Å². The lowest BCUT2D eigenvalue weighted by molar-refractivity contribution is -0.130. The molecule has 2 fully saturated rings. The van der Waals surface area contributed by atoms with Crippen LogP contribution in [-0.4, -0.2) is 62.7 Å². The number of nitrogens with one attached hydrogen (secondary N) is 1. The van der Waals surface area contributed by atoms with Crippen LogP contribution in [0.25, 0.3) is 0 Å². The van der Waals surface area contributed by atoms with E-state index in [0.29, 0.717) is 31.2 Å². The Morgan fingerprint density at radius 3 is 2.30 bits per heavy atom. The highest BCUT2D eigenvalue weighted by atomic mass is 35.5. The zero-order valence-corrected chi connectivity index (χ0v) is 22.5. The van der Waals surface area contributed by atoms with Crippen LogP contribution in [0, 0.1) is 5.82 Å². The summed E-state index contributed by atoms with van der Waals surface area (Å²) in [6.07, 6.45) is 1.13. The lowest BCUT2D eigenvalue weighted by Crippen LogP contribution is -2.64. The van der Waals surface area contributed by atoms with Crippen molar-refractivity contribution >= 4 is 37.6 Å². The molecule has 9 nitrogen and oxygen atoms in total. The van der Waals surface area contributed by atoms with Crippen LogP contribution in [-0.2, 0) is 30.6 Å². The summed E-state index contributed by atoms with van der Waals surface area (Å²) in [5, 5.41) is 2.46. The van der Waals surface area contributed by atoms with Gasteiger partial charge >= 0.3 is 0 Å². The number of rotatable bonds is 7. The Hall–Kier alpha value is -2.09. The molecule has 1 aliphatic heterocycles. The second-order valence-electron chi connectivity index (χ2n) is 9.39. The Morgan fingerprint density at radius 1 is 1.00 bits per heavy atom. The van der Waals surface area contributed by atoms with Gasteiger partial charge in [-0.3, -0.25) is 4.79 Å². The minimum absolute atomic E-state index is 0.0288. The number of hydrogen-bond acceptors (Lipinski definition) is 6. The van der Waals surface area contributed by atoms with Gasteiger partial charge in [0.05, 0.1) is 15.7 Å². The van der Waals surface area contributed by atoms with Crippen LogP contribution < -0.4 is 11.1 Å². The first kappa shape index (κ1) is 27.9. The number of nitrogens with two attached hydrogens (primary N) is 1. The van der Waals surface area contributed by atoms with Crippen LogP contribution in [0.3, 0.4) is 0 Å². The first-order valence-corrected chi connectivity index (χ1v) is 15.5. The van der Waals surface area contributed by atoms with E-state index in [1.54, 1.807) is 30.3 Å². The van der Waals surface area contributed by atoms with Crippen LogP contribution in [0.4, 0.5) is 4.39 Å². The fourth-order valence-electron chi connectivity index (χ4n) is 4.75. The van der Waals surface area contributed by atoms with Crippen molar-refractivity contribution < 1.29 is 26.0 Å². The average molecular weight is 573 g/mol. The third-order valence-electron chi connectivity index (χ3n) is 6.70. The average Bonchev–Trinajstić information content (AvgIpc) is 2.87. The van der Waals surface area contributed by atoms with Crippen LogP contribution >= 0.6 is 11.6 Å². The zero-order valence-electron chi connectivity index (χ0n) is 20.1. The van der Waals surface area contributed by atoms with Gasteiger partial charge in [-0.1, -0.05) is 41.9 Å². The summed E-state index contributed by atoms with van der Waals surface area (Å²) in [4.78, 5) is 13.3. The predicted molar refractivity (Wildman–Crippen MR) is 138 cm³/mol. The van der Waals surface area contributed by atoms with Crippen LogP contribution in [0.5, 0.6) is 0 Å². The van der Waals surface area contributed by atoms with E-state index >= 15 is 0 Å². The van der Waals surface area contributed by atoms with Crippen LogP contribution in [0.15, 0.2) is 53.4 Å². The summed E-state index contributed by atoms with van der Waals surface area (Å²) in [6.45, 7) is -0.124. The molecule has 2 aromatic rings. The van der Waals surface area contributed by atoms with E-state index < -0.39 is 48.7 Å². The number of halogens is 2. The molecule has 1 amide bonds. The van der Waals surface area contributed by atoms with Crippen molar-refractivity contribution in [1.82, 2.24) is 13.9 Å². The molecular formula is C24H30ClFN4O5S2. The first-order chi connectivity index (χ1) is 17.5. The lowest BCUT2D eigenvalue weighted by atomic mass is 9.92. The molecule has 3 N–H and O–H groups in total. The van der Waals surface area contributed by atoms with Gasteiger partial charge in [-0.2, -0.15) is 8.61 Å². The highest BCUT2D eigenvalue weighted by Gasteiger charge is 2.47. The van der Waals surface area contributed by atoms with Crippen molar-refractivity contribution in [1.29, 1.82) is 0 Å². The van der Waals surface area contributed by atoms with Gasteiger partial charge in [-0.05, 0) is 55.9 Å². The molecule has 0 bridgehead atoms. The maximum absolute atomic E-state index is 13.7. The molecule has 1 aliphatic carbocycles. The first-order valence-electron chi connectivity index (χ1n) is 12.1. The number of benzene rings is 2. The molecule has 1 unspecified atom stereocenters. The number of hydrogen-bond donors (Lipinski definition) is 2. The quantitative estimate of drug-likeness (QED) is 0.524. The van der Waals surface area contributed by atoms with Crippen molar-refractivity contribution in [3.63, 3.8) is 0 Å². The summed E-state index contributed by atoms with van der Waals surface area (Å²) in [5.74, 6) is -1.92. The molecule has 4 rings (SSSR count). The molecule has 0 aromatic heterocycles. The Balaban J connectivity index is 1.70. The number of carbonyl (C=O) groups excluding carboxylic acids is 1. The summed E-state index contributed by atoms with van der Waals surface area (Å²) in [5.41, 5.74) is 6.47. The lowest BCUT2D eigenvalue weighted by Gasteiger charge is -2.41. The molecule has 37 heavy (non-hydrogen) atoms. The summed E-state index contributed by atoms with van der Waals surface area (Å²) < 4.78 is 70.0. The molecular weight excluding hydrogens is 543 g/mol. The van der Waals surface area contributed by atoms with Crippen molar-refractivity contribution in [3.8, 4) is 0 Å². The summed E-state index contributed by atoms with van der Waals surface area (Å²) in [6, 6.07) is 11.2. The van der Waals surface area contributed by atoms with E-state index in [2.05, 4.69) is 5.32 Å². The topological polar surface area (TPSA) is 130 Å². The van der Waals surface area contributed by atoms with Crippen molar-refractivity contribution in [2.24, 2.45) is 5.73 Å². The largest absolute Gasteiger partial charge is 0.351 e. The fourth-order valence-corrected chi connectivity index (χ4v) is 8.38. The van der Waals surface area contributed by atoms with E-state index in [-0.39, 0.29) is 36.5 Å². The molecule has 2 aliphatic rings. The summed E-state index contributed by atoms with van der Waals surface area (Å²) in [7, 11) is -8.53. The molecule has 13 heteroatoms. The maximum atomic E-state index is 13.7. The highest BCUT2D eigenvalue weighted by Crippen LogP contribution is 2.30. The standard InChI is InChI=1S/C24H30ClFN4O5S2/c25-21-15-20(11-12-22(21)26)37(34,35)30-14-4-13-29(36(32,33)16-17-5-2-1-3-6-17)24(30)23(31)28-19-9-7-18(27)8-10-19/h1-3,5-6,11-12,15,18-19,24H,4,7-10,13-14,16,27H2,(H,28,31). The minimum atomic E-state index is -4.42. The Bertz CT molecular complexity index is 1340. The smallest absolute Gasteiger partial charge is 0.254 e. The molecule has 2 aromatic carbocycles. The summed E-state index contributed by atoms with van der Waals surface area (Å²) >= 11 is 5.84. The zero-order chi connectivity index (χ0) is 26.8. The number of carbonyl (C=O) groups is 1. The van der Waals surface area contributed by atoms with Gasteiger partial charge in [0.25, 0.3) is 5.91 Å². The molecule has 1 saturated heterocycles. The number of nitrogens with zero attached hydrogens (tertiary/aromatic N) is 2. The van der Waals surface area contributed by atoms with E-state index in [1.165, 1.54) is 0 Å². The van der Waals surface area contributed by atoms with Gasteiger partial charge in [0, 0.05) is 25.2 Å². The second kappa shape index (κ2) is 11.3. The van der Waals surface area contributed by atoms with Gasteiger partial charge < -0.3 is 11.1 Å². The molecule has 202 valence electrons. The maximum Gasteiger partial charge on any atom is 0.254 e. The molecule has 0 spiro atoms. The minimum Gasteiger partial charge on any atom is -0.351 e. The van der Waals surface area contributed by atoms with E-state index in [1.807, 2.05) is 0 Å². The molecule has 0 radical (unpaired) electrons. The van der Waals surface area contributed by atoms with Gasteiger partial charge in [0.15, 0.2) is 6.17 Å². The van der Waals surface area contributed by atoms with E-state index in [4.69, 9.17) is 17.3 Å². The third kappa shape index (κ3) is 6.32.